The highest BCUT2D eigenvalue weighted by molar-refractivity contribution is 6.11. The van der Waals surface area contributed by atoms with Gasteiger partial charge in [-0.25, -0.2) is 0 Å². The predicted octanol–water partition coefficient (Wildman–Crippen LogP) is 4.29. The molecule has 2 aromatic rings. The Labute approximate surface area is 147 Å². The van der Waals surface area contributed by atoms with E-state index in [2.05, 4.69) is 6.92 Å². The minimum absolute atomic E-state index is 0.0215. The number of aromatic hydroxyl groups is 2. The molecule has 5 nitrogen and oxygen atoms in total. The molecule has 0 radical (unpaired) electrons. The van der Waals surface area contributed by atoms with Crippen molar-refractivity contribution in [1.82, 2.24) is 0 Å². The molecule has 0 heterocycles. The van der Waals surface area contributed by atoms with Crippen LogP contribution < -0.4 is 9.47 Å². The Morgan fingerprint density at radius 2 is 1.72 bits per heavy atom. The summed E-state index contributed by atoms with van der Waals surface area (Å²) in [5, 5.41) is 20.2. The lowest BCUT2D eigenvalue weighted by molar-refractivity contribution is 0.103. The zero-order valence-electron chi connectivity index (χ0n) is 14.8. The molecular formula is C20H24O5. The highest BCUT2D eigenvalue weighted by atomic mass is 16.5. The fourth-order valence-corrected chi connectivity index (χ4v) is 2.29. The largest absolute Gasteiger partial charge is 0.504 e. The van der Waals surface area contributed by atoms with Crippen LogP contribution in [0.2, 0.25) is 0 Å². The van der Waals surface area contributed by atoms with E-state index in [1.807, 2.05) is 0 Å². The van der Waals surface area contributed by atoms with Crippen molar-refractivity contribution in [3.63, 3.8) is 0 Å². The molecule has 2 N–H and O–H groups in total. The first-order chi connectivity index (χ1) is 11.9. The monoisotopic (exact) mass is 344 g/mol. The third-order valence-electron chi connectivity index (χ3n) is 3.60. The van der Waals surface area contributed by atoms with Crippen LogP contribution in [-0.2, 0) is 0 Å². The van der Waals surface area contributed by atoms with Gasteiger partial charge in [-0.2, -0.15) is 0 Å². The van der Waals surface area contributed by atoms with Crippen molar-refractivity contribution in [2.24, 2.45) is 0 Å². The first-order valence-electron chi connectivity index (χ1n) is 8.43. The van der Waals surface area contributed by atoms with Gasteiger partial charge in [-0.1, -0.05) is 13.3 Å². The van der Waals surface area contributed by atoms with E-state index < -0.39 is 11.5 Å². The Morgan fingerprint density at radius 3 is 2.32 bits per heavy atom. The highest BCUT2D eigenvalue weighted by Gasteiger charge is 2.20. The van der Waals surface area contributed by atoms with Gasteiger partial charge in [-0.05, 0) is 56.7 Å². The van der Waals surface area contributed by atoms with Gasteiger partial charge in [-0.15, -0.1) is 0 Å². The lowest BCUT2D eigenvalue weighted by Gasteiger charge is -2.14. The lowest BCUT2D eigenvalue weighted by atomic mass is 10.0. The molecule has 0 atom stereocenters. The molecule has 0 amide bonds. The van der Waals surface area contributed by atoms with Crippen molar-refractivity contribution in [1.29, 1.82) is 0 Å². The van der Waals surface area contributed by atoms with Gasteiger partial charge in [0, 0.05) is 5.56 Å². The van der Waals surface area contributed by atoms with Crippen molar-refractivity contribution in [3.05, 3.63) is 47.5 Å². The van der Waals surface area contributed by atoms with Crippen molar-refractivity contribution < 1.29 is 24.5 Å². The molecule has 0 saturated heterocycles. The molecule has 0 saturated carbocycles. The maximum absolute atomic E-state index is 12.6. The summed E-state index contributed by atoms with van der Waals surface area (Å²) >= 11 is 0. The second-order valence-corrected chi connectivity index (χ2v) is 6.03. The summed E-state index contributed by atoms with van der Waals surface area (Å²) in [4.78, 5) is 12.6. The van der Waals surface area contributed by atoms with Crippen LogP contribution in [0.3, 0.4) is 0 Å². The van der Waals surface area contributed by atoms with E-state index in [0.717, 1.165) is 12.8 Å². The van der Waals surface area contributed by atoms with Crippen LogP contribution >= 0.6 is 0 Å². The van der Waals surface area contributed by atoms with Gasteiger partial charge in [0.25, 0.3) is 0 Å². The fraction of sp³-hybridized carbons (Fsp3) is 0.350. The van der Waals surface area contributed by atoms with Gasteiger partial charge in [0.15, 0.2) is 17.3 Å². The zero-order chi connectivity index (χ0) is 18.4. The molecule has 0 aliphatic heterocycles. The normalized spacial score (nSPS) is 10.7. The van der Waals surface area contributed by atoms with Gasteiger partial charge < -0.3 is 19.7 Å². The van der Waals surface area contributed by atoms with Crippen LogP contribution in [0.4, 0.5) is 0 Å². The van der Waals surface area contributed by atoms with Gasteiger partial charge in [0.05, 0.1) is 18.3 Å². The summed E-state index contributed by atoms with van der Waals surface area (Å²) in [6.45, 7) is 6.33. The Hall–Kier alpha value is -2.69. The molecule has 0 bridgehead atoms. The van der Waals surface area contributed by atoms with Crippen LogP contribution in [0.15, 0.2) is 36.4 Å². The molecule has 0 spiro atoms. The minimum atomic E-state index is -0.480. The van der Waals surface area contributed by atoms with E-state index in [1.165, 1.54) is 12.1 Å². The summed E-state index contributed by atoms with van der Waals surface area (Å²) in [6, 6.07) is 9.63. The van der Waals surface area contributed by atoms with E-state index >= 15 is 0 Å². The van der Waals surface area contributed by atoms with Crippen LogP contribution in [0.1, 0.15) is 49.5 Å². The number of carbonyl (C=O) groups is 1. The number of hydrogen-bond donors (Lipinski definition) is 2. The molecule has 0 aliphatic carbocycles. The van der Waals surface area contributed by atoms with Crippen molar-refractivity contribution in [2.45, 2.75) is 39.7 Å². The Kier molecular flexibility index (Phi) is 6.28. The summed E-state index contributed by atoms with van der Waals surface area (Å²) in [7, 11) is 0. The number of phenolic OH excluding ortho intramolecular Hbond substituents is 2. The summed E-state index contributed by atoms with van der Waals surface area (Å²) in [6.07, 6.45) is 1.86. The number of ether oxygens (including phenoxy) is 2. The van der Waals surface area contributed by atoms with Gasteiger partial charge in [0.2, 0.25) is 5.75 Å². The van der Waals surface area contributed by atoms with Gasteiger partial charge in [0.1, 0.15) is 5.75 Å². The molecule has 5 heteroatoms. The fourth-order valence-electron chi connectivity index (χ4n) is 2.29. The first kappa shape index (κ1) is 18.6. The maximum atomic E-state index is 12.6. The quantitative estimate of drug-likeness (QED) is 0.424. The number of rotatable bonds is 8. The second-order valence-electron chi connectivity index (χ2n) is 6.03. The molecular weight excluding hydrogens is 320 g/mol. The number of ketones is 1. The number of benzene rings is 2. The molecule has 0 aliphatic rings. The van der Waals surface area contributed by atoms with E-state index in [0.29, 0.717) is 17.9 Å². The molecule has 0 aromatic heterocycles. The highest BCUT2D eigenvalue weighted by Crippen LogP contribution is 2.39. The first-order valence-corrected chi connectivity index (χ1v) is 8.43. The Balaban J connectivity index is 2.18. The minimum Gasteiger partial charge on any atom is -0.504 e. The van der Waals surface area contributed by atoms with Crippen molar-refractivity contribution in [2.75, 3.05) is 6.61 Å². The predicted molar refractivity (Wildman–Crippen MR) is 95.8 cm³/mol. The van der Waals surface area contributed by atoms with Gasteiger partial charge in [-0.3, -0.25) is 4.79 Å². The van der Waals surface area contributed by atoms with E-state index in [1.54, 1.807) is 38.1 Å². The molecule has 0 fully saturated rings. The maximum Gasteiger partial charge on any atom is 0.201 e. The van der Waals surface area contributed by atoms with Crippen LogP contribution in [-0.4, -0.2) is 28.7 Å². The summed E-state index contributed by atoms with van der Waals surface area (Å²) < 4.78 is 11.0. The molecule has 25 heavy (non-hydrogen) atoms. The molecule has 2 aromatic carbocycles. The van der Waals surface area contributed by atoms with Crippen molar-refractivity contribution >= 4 is 5.78 Å². The lowest BCUT2D eigenvalue weighted by Crippen LogP contribution is -2.07. The molecule has 134 valence electrons. The smallest absolute Gasteiger partial charge is 0.201 e. The average Bonchev–Trinajstić information content (AvgIpc) is 2.59. The van der Waals surface area contributed by atoms with E-state index in [-0.39, 0.29) is 23.2 Å². The molecule has 0 unspecified atom stereocenters. The number of hydrogen-bond acceptors (Lipinski definition) is 5. The second kappa shape index (κ2) is 8.42. The topological polar surface area (TPSA) is 76.0 Å². The van der Waals surface area contributed by atoms with E-state index in [4.69, 9.17) is 9.47 Å². The SMILES string of the molecule is CCCCOc1ccc(C(=O)c2ccc(OC(C)C)c(O)c2O)cc1. The number of unbranched alkanes of at least 4 members (excludes halogenated alkanes) is 1. The third-order valence-corrected chi connectivity index (χ3v) is 3.60. The van der Waals surface area contributed by atoms with Crippen LogP contribution in [0.5, 0.6) is 23.0 Å². The Morgan fingerprint density at radius 1 is 1.04 bits per heavy atom. The standard InChI is InChI=1S/C20H24O5/c1-4-5-12-24-15-8-6-14(7-9-15)18(21)16-10-11-17(25-13(2)3)20(23)19(16)22/h6-11,13,22-23H,4-5,12H2,1-3H3. The Bertz CT molecular complexity index is 720. The van der Waals surface area contributed by atoms with Crippen molar-refractivity contribution in [3.8, 4) is 23.0 Å². The van der Waals surface area contributed by atoms with Gasteiger partial charge >= 0.3 is 0 Å². The summed E-state index contributed by atoms with van der Waals surface area (Å²) in [5.74, 6) is -0.462. The summed E-state index contributed by atoms with van der Waals surface area (Å²) in [5.41, 5.74) is 0.420. The molecule has 2 rings (SSSR count). The van der Waals surface area contributed by atoms with Crippen LogP contribution in [0.25, 0.3) is 0 Å². The number of phenols is 2. The zero-order valence-corrected chi connectivity index (χ0v) is 14.8. The average molecular weight is 344 g/mol. The third kappa shape index (κ3) is 4.66. The van der Waals surface area contributed by atoms with Crippen LogP contribution in [0, 0.1) is 0 Å². The van der Waals surface area contributed by atoms with E-state index in [9.17, 15) is 15.0 Å². The number of carbonyl (C=O) groups excluding carboxylic acids is 1.